The van der Waals surface area contributed by atoms with E-state index in [0.29, 0.717) is 14.7 Å². The maximum Gasteiger partial charge on any atom is 0.224 e. The van der Waals surface area contributed by atoms with Gasteiger partial charge >= 0.3 is 0 Å². The molecule has 18 heavy (non-hydrogen) atoms. The molecule has 2 atom stereocenters. The Morgan fingerprint density at radius 1 is 1.61 bits per heavy atom. The van der Waals surface area contributed by atoms with E-state index in [2.05, 4.69) is 35.0 Å². The van der Waals surface area contributed by atoms with Crippen LogP contribution in [0.3, 0.4) is 0 Å². The zero-order valence-corrected chi connectivity index (χ0v) is 12.6. The Bertz CT molecular complexity index is 340. The predicted octanol–water partition coefficient (Wildman–Crippen LogP) is 1.75. The minimum absolute atomic E-state index is 0.0458. The number of rotatable bonds is 8. The second-order valence-corrected chi connectivity index (χ2v) is 5.65. The second kappa shape index (κ2) is 8.28. The first kappa shape index (κ1) is 15.2. The zero-order valence-electron chi connectivity index (χ0n) is 11.6. The summed E-state index contributed by atoms with van der Waals surface area (Å²) in [4.78, 5) is 18.3. The topological polar surface area (TPSA) is 45.2 Å². The molecule has 1 aromatic heterocycles. The summed E-state index contributed by atoms with van der Waals surface area (Å²) in [7, 11) is 2.78. The van der Waals surface area contributed by atoms with Crippen LogP contribution in [0.15, 0.2) is 11.7 Å². The van der Waals surface area contributed by atoms with Gasteiger partial charge in [-0.3, -0.25) is 9.78 Å². The Morgan fingerprint density at radius 3 is 3.00 bits per heavy atom. The molecule has 2 unspecified atom stereocenters. The van der Waals surface area contributed by atoms with Crippen LogP contribution in [-0.2, 0) is 11.2 Å². The number of carbonyl (C=O) groups is 1. The van der Waals surface area contributed by atoms with E-state index in [1.165, 1.54) is 0 Å². The van der Waals surface area contributed by atoms with Crippen molar-refractivity contribution in [2.45, 2.75) is 26.7 Å². The van der Waals surface area contributed by atoms with Crippen LogP contribution < -0.4 is 5.32 Å². The Balaban J connectivity index is 2.19. The fourth-order valence-electron chi connectivity index (χ4n) is 1.94. The van der Waals surface area contributed by atoms with Gasteiger partial charge in [0.25, 0.3) is 0 Å². The van der Waals surface area contributed by atoms with Gasteiger partial charge in [0.1, 0.15) is 0 Å². The number of aromatic nitrogens is 1. The summed E-state index contributed by atoms with van der Waals surface area (Å²) in [6.07, 6.45) is 1.96. The van der Waals surface area contributed by atoms with Crippen molar-refractivity contribution < 1.29 is 4.79 Å². The second-order valence-electron chi connectivity index (χ2n) is 4.76. The van der Waals surface area contributed by atoms with E-state index in [4.69, 9.17) is 0 Å². The number of hydrogen-bond donors (Lipinski definition) is 1. The molecule has 0 bridgehead atoms. The molecule has 1 N–H and O–H groups in total. The van der Waals surface area contributed by atoms with Gasteiger partial charge in [-0.1, -0.05) is 13.8 Å². The molecule has 0 saturated carbocycles. The van der Waals surface area contributed by atoms with Gasteiger partial charge in [0.05, 0.1) is 0 Å². The molecule has 0 aromatic carbocycles. The van der Waals surface area contributed by atoms with Crippen molar-refractivity contribution in [3.05, 3.63) is 17.4 Å². The average molecular weight is 269 g/mol. The van der Waals surface area contributed by atoms with Crippen LogP contribution in [0.5, 0.6) is 0 Å². The SMILES string of the molecule is CCCN(C)CC(C)C(=O)NCCc1c[pH]cn1. The summed E-state index contributed by atoms with van der Waals surface area (Å²) in [5.74, 6) is 4.25. The third kappa shape index (κ3) is 5.65. The summed E-state index contributed by atoms with van der Waals surface area (Å²) in [5, 5.41) is 2.98. The molecule has 0 spiro atoms. The van der Waals surface area contributed by atoms with Gasteiger partial charge in [-0.05, 0) is 25.8 Å². The lowest BCUT2D eigenvalue weighted by Crippen LogP contribution is -2.37. The first-order valence-electron chi connectivity index (χ1n) is 6.57. The highest BCUT2D eigenvalue weighted by molar-refractivity contribution is 7.28. The molecule has 0 radical (unpaired) electrons. The Morgan fingerprint density at radius 2 is 2.39 bits per heavy atom. The van der Waals surface area contributed by atoms with Crippen molar-refractivity contribution >= 4 is 14.1 Å². The van der Waals surface area contributed by atoms with Crippen LogP contribution in [0.1, 0.15) is 26.0 Å². The molecular formula is C13H24N3OP. The van der Waals surface area contributed by atoms with E-state index in [9.17, 15) is 4.79 Å². The first-order chi connectivity index (χ1) is 8.63. The van der Waals surface area contributed by atoms with E-state index in [0.717, 1.165) is 31.6 Å². The number of carbonyl (C=O) groups excluding carboxylic acids is 1. The summed E-state index contributed by atoms with van der Waals surface area (Å²) in [5.41, 5.74) is 1.10. The standard InChI is InChI=1S/C13H24N3OP/c1-4-7-16(3)8-11(2)13(17)14-6-5-12-9-18-10-15-12/h9-11,18H,4-8H2,1-3H3,(H,14,17). The molecule has 5 heteroatoms. The highest BCUT2D eigenvalue weighted by Gasteiger charge is 2.14. The normalized spacial score (nSPS) is 13.1. The number of amides is 1. The van der Waals surface area contributed by atoms with Crippen LogP contribution in [0.25, 0.3) is 0 Å². The fourth-order valence-corrected chi connectivity index (χ4v) is 2.67. The molecule has 0 aliphatic rings. The molecule has 4 nitrogen and oxygen atoms in total. The van der Waals surface area contributed by atoms with Crippen LogP contribution in [0, 0.1) is 5.92 Å². The van der Waals surface area contributed by atoms with Gasteiger partial charge in [0.15, 0.2) is 0 Å². The van der Waals surface area contributed by atoms with Gasteiger partial charge in [-0.2, -0.15) is 0 Å². The summed E-state index contributed by atoms with van der Waals surface area (Å²) >= 11 is 0. The molecule has 0 fully saturated rings. The maximum absolute atomic E-state index is 11.9. The Labute approximate surface area is 111 Å². The first-order valence-corrected chi connectivity index (χ1v) is 7.72. The van der Waals surface area contributed by atoms with Crippen LogP contribution in [-0.4, -0.2) is 42.5 Å². The smallest absolute Gasteiger partial charge is 0.224 e. The monoisotopic (exact) mass is 269 g/mol. The Hall–Kier alpha value is -0.860. The van der Waals surface area contributed by atoms with Crippen molar-refractivity contribution in [1.82, 2.24) is 15.2 Å². The largest absolute Gasteiger partial charge is 0.355 e. The fraction of sp³-hybridized carbons (Fsp3) is 0.692. The quantitative estimate of drug-likeness (QED) is 0.782. The number of nitrogens with zero attached hydrogens (tertiary/aromatic N) is 2. The third-order valence-corrected chi connectivity index (χ3v) is 3.65. The minimum atomic E-state index is 0.0458. The molecule has 1 aromatic rings. The molecule has 1 rings (SSSR count). The van der Waals surface area contributed by atoms with Crippen LogP contribution >= 0.6 is 8.19 Å². The van der Waals surface area contributed by atoms with E-state index in [1.807, 2.05) is 12.9 Å². The molecule has 0 saturated heterocycles. The van der Waals surface area contributed by atoms with Crippen LogP contribution in [0.2, 0.25) is 0 Å². The van der Waals surface area contributed by atoms with Crippen molar-refractivity contribution in [3.8, 4) is 0 Å². The zero-order chi connectivity index (χ0) is 13.4. The number of nitrogens with one attached hydrogen (secondary N) is 1. The van der Waals surface area contributed by atoms with Gasteiger partial charge in [0.2, 0.25) is 5.91 Å². The third-order valence-electron chi connectivity index (χ3n) is 2.87. The van der Waals surface area contributed by atoms with Crippen molar-refractivity contribution in [3.63, 3.8) is 0 Å². The van der Waals surface area contributed by atoms with Gasteiger partial charge in [-0.25, -0.2) is 0 Å². The summed E-state index contributed by atoms with van der Waals surface area (Å²) in [6, 6.07) is 0. The lowest BCUT2D eigenvalue weighted by Gasteiger charge is -2.20. The molecular weight excluding hydrogens is 245 g/mol. The molecule has 0 aliphatic heterocycles. The van der Waals surface area contributed by atoms with Gasteiger partial charge in [0, 0.05) is 37.1 Å². The molecule has 102 valence electrons. The van der Waals surface area contributed by atoms with E-state index in [1.54, 1.807) is 0 Å². The maximum atomic E-state index is 11.9. The van der Waals surface area contributed by atoms with E-state index >= 15 is 0 Å². The van der Waals surface area contributed by atoms with Crippen molar-refractivity contribution in [2.75, 3.05) is 26.7 Å². The van der Waals surface area contributed by atoms with E-state index < -0.39 is 0 Å². The van der Waals surface area contributed by atoms with Crippen molar-refractivity contribution in [2.24, 2.45) is 5.92 Å². The van der Waals surface area contributed by atoms with Crippen molar-refractivity contribution in [1.29, 1.82) is 0 Å². The lowest BCUT2D eigenvalue weighted by molar-refractivity contribution is -0.124. The molecule has 1 heterocycles. The van der Waals surface area contributed by atoms with Gasteiger partial charge < -0.3 is 10.2 Å². The highest BCUT2D eigenvalue weighted by atomic mass is 31.0. The van der Waals surface area contributed by atoms with E-state index in [-0.39, 0.29) is 11.8 Å². The predicted molar refractivity (Wildman–Crippen MR) is 77.4 cm³/mol. The summed E-state index contributed by atoms with van der Waals surface area (Å²) < 4.78 is 0. The molecule has 0 aliphatic carbocycles. The lowest BCUT2D eigenvalue weighted by atomic mass is 10.1. The minimum Gasteiger partial charge on any atom is -0.355 e. The average Bonchev–Trinajstić information content (AvgIpc) is 2.82. The Kier molecular flexibility index (Phi) is 6.99. The highest BCUT2D eigenvalue weighted by Crippen LogP contribution is 2.06. The van der Waals surface area contributed by atoms with Crippen LogP contribution in [0.4, 0.5) is 0 Å². The van der Waals surface area contributed by atoms with Gasteiger partial charge in [-0.15, -0.1) is 8.19 Å². The number of hydrogen-bond acceptors (Lipinski definition) is 3. The summed E-state index contributed by atoms with van der Waals surface area (Å²) in [6.45, 7) is 6.68. The molecule has 1 amide bonds.